The lowest BCUT2D eigenvalue weighted by molar-refractivity contribution is -0.141. The van der Waals surface area contributed by atoms with E-state index in [0.29, 0.717) is 6.42 Å². The molecule has 1 unspecified atom stereocenters. The number of amides is 2. The molecule has 10 heteroatoms. The number of halogens is 1. The number of hydrogen-bond acceptors (Lipinski definition) is 4. The standard InChI is InChI=1S/C25H35FN4O4S/c1-7-21(24(32)27-25(2,3)4)29(17-19-13-9-8-10-14-19)23(31)18-30(35(33,34)28(5)6)22-16-12-11-15-20(22)26/h8-16,21H,7,17-18H2,1-6H3,(H,27,32). The number of carbonyl (C=O) groups excluding carboxylic acids is 2. The van der Waals surface area contributed by atoms with Gasteiger partial charge >= 0.3 is 10.2 Å². The van der Waals surface area contributed by atoms with E-state index in [4.69, 9.17) is 0 Å². The van der Waals surface area contributed by atoms with Crippen molar-refractivity contribution in [1.29, 1.82) is 0 Å². The van der Waals surface area contributed by atoms with Crippen LogP contribution in [0, 0.1) is 5.82 Å². The summed E-state index contributed by atoms with van der Waals surface area (Å²) in [6, 6.07) is 13.6. The molecule has 0 bridgehead atoms. The SMILES string of the molecule is CCC(C(=O)NC(C)(C)C)N(Cc1ccccc1)C(=O)CN(c1ccccc1F)S(=O)(=O)N(C)C. The number of nitrogens with one attached hydrogen (secondary N) is 1. The Hall–Kier alpha value is -2.98. The van der Waals surface area contributed by atoms with Gasteiger partial charge in [0.15, 0.2) is 0 Å². The van der Waals surface area contributed by atoms with Crippen LogP contribution in [0.15, 0.2) is 54.6 Å². The predicted molar refractivity (Wildman–Crippen MR) is 135 cm³/mol. The topological polar surface area (TPSA) is 90.0 Å². The molecule has 0 fully saturated rings. The Kier molecular flexibility index (Phi) is 9.39. The molecule has 0 aliphatic rings. The molecule has 0 radical (unpaired) electrons. The molecule has 1 N–H and O–H groups in total. The molecule has 8 nitrogen and oxygen atoms in total. The Morgan fingerprint density at radius 3 is 2.09 bits per heavy atom. The van der Waals surface area contributed by atoms with Gasteiger partial charge in [0.25, 0.3) is 0 Å². The second kappa shape index (κ2) is 11.6. The zero-order valence-corrected chi connectivity index (χ0v) is 22.0. The summed E-state index contributed by atoms with van der Waals surface area (Å²) in [6.45, 7) is 6.71. The van der Waals surface area contributed by atoms with E-state index in [1.807, 2.05) is 51.1 Å². The van der Waals surface area contributed by atoms with Crippen LogP contribution in [-0.4, -0.2) is 61.7 Å². The van der Waals surface area contributed by atoms with Gasteiger partial charge in [-0.05, 0) is 44.9 Å². The zero-order chi connectivity index (χ0) is 26.4. The molecule has 0 aliphatic carbocycles. The molecule has 0 heterocycles. The highest BCUT2D eigenvalue weighted by Gasteiger charge is 2.35. The number of para-hydroxylation sites is 1. The van der Waals surface area contributed by atoms with E-state index in [1.165, 1.54) is 37.2 Å². The van der Waals surface area contributed by atoms with Crippen molar-refractivity contribution >= 4 is 27.7 Å². The minimum absolute atomic E-state index is 0.0862. The summed E-state index contributed by atoms with van der Waals surface area (Å²) >= 11 is 0. The third kappa shape index (κ3) is 7.50. The van der Waals surface area contributed by atoms with Crippen LogP contribution < -0.4 is 9.62 Å². The van der Waals surface area contributed by atoms with E-state index >= 15 is 0 Å². The largest absolute Gasteiger partial charge is 0.350 e. The van der Waals surface area contributed by atoms with Gasteiger partial charge in [0.1, 0.15) is 18.4 Å². The maximum atomic E-state index is 14.7. The van der Waals surface area contributed by atoms with Gasteiger partial charge in [0, 0.05) is 26.2 Å². The minimum atomic E-state index is -4.22. The number of rotatable bonds is 10. The lowest BCUT2D eigenvalue weighted by Gasteiger charge is -2.35. The molecule has 0 spiro atoms. The molecule has 2 amide bonds. The first kappa shape index (κ1) is 28.3. The fourth-order valence-electron chi connectivity index (χ4n) is 3.51. The van der Waals surface area contributed by atoms with E-state index in [9.17, 15) is 22.4 Å². The molecular weight excluding hydrogens is 471 g/mol. The maximum absolute atomic E-state index is 14.7. The smallest absolute Gasteiger partial charge is 0.304 e. The lowest BCUT2D eigenvalue weighted by atomic mass is 10.1. The van der Waals surface area contributed by atoms with Crippen molar-refractivity contribution in [2.45, 2.75) is 52.2 Å². The highest BCUT2D eigenvalue weighted by Crippen LogP contribution is 2.24. The molecule has 35 heavy (non-hydrogen) atoms. The quantitative estimate of drug-likeness (QED) is 0.536. The maximum Gasteiger partial charge on any atom is 0.304 e. The van der Waals surface area contributed by atoms with Gasteiger partial charge in [-0.15, -0.1) is 0 Å². The van der Waals surface area contributed by atoms with Gasteiger partial charge in [0.05, 0.1) is 5.69 Å². The second-order valence-corrected chi connectivity index (χ2v) is 11.5. The molecule has 2 aromatic carbocycles. The molecule has 0 aliphatic heterocycles. The van der Waals surface area contributed by atoms with Gasteiger partial charge < -0.3 is 10.2 Å². The van der Waals surface area contributed by atoms with Crippen LogP contribution in [-0.2, 0) is 26.3 Å². The van der Waals surface area contributed by atoms with E-state index in [0.717, 1.165) is 20.2 Å². The first-order valence-corrected chi connectivity index (χ1v) is 12.8. The molecule has 2 aromatic rings. The van der Waals surface area contributed by atoms with E-state index in [2.05, 4.69) is 5.32 Å². The van der Waals surface area contributed by atoms with Crippen molar-refractivity contribution in [3.8, 4) is 0 Å². The summed E-state index contributed by atoms with van der Waals surface area (Å²) in [7, 11) is -1.61. The Balaban J connectivity index is 2.51. The van der Waals surface area contributed by atoms with E-state index in [-0.39, 0.29) is 18.1 Å². The Morgan fingerprint density at radius 1 is 1.00 bits per heavy atom. The van der Waals surface area contributed by atoms with Crippen LogP contribution in [0.4, 0.5) is 10.1 Å². The van der Waals surface area contributed by atoms with Crippen LogP contribution in [0.25, 0.3) is 0 Å². The zero-order valence-electron chi connectivity index (χ0n) is 21.2. The van der Waals surface area contributed by atoms with Gasteiger partial charge in [-0.2, -0.15) is 12.7 Å². The highest BCUT2D eigenvalue weighted by atomic mass is 32.2. The molecule has 2 rings (SSSR count). The fraction of sp³-hybridized carbons (Fsp3) is 0.440. The lowest BCUT2D eigenvalue weighted by Crippen LogP contribution is -2.55. The fourth-order valence-corrected chi connectivity index (χ4v) is 4.57. The summed E-state index contributed by atoms with van der Waals surface area (Å²) in [5.74, 6) is -1.76. The third-order valence-electron chi connectivity index (χ3n) is 5.22. The molecule has 192 valence electrons. The van der Waals surface area contributed by atoms with Gasteiger partial charge in [-0.25, -0.2) is 8.70 Å². The average Bonchev–Trinajstić information content (AvgIpc) is 2.77. The second-order valence-electron chi connectivity index (χ2n) is 9.42. The van der Waals surface area contributed by atoms with E-state index in [1.54, 1.807) is 6.92 Å². The number of hydrogen-bond donors (Lipinski definition) is 1. The highest BCUT2D eigenvalue weighted by molar-refractivity contribution is 7.90. The Bertz CT molecular complexity index is 1120. The van der Waals surface area contributed by atoms with Crippen molar-refractivity contribution < 1.29 is 22.4 Å². The summed E-state index contributed by atoms with van der Waals surface area (Å²) < 4.78 is 42.5. The first-order valence-electron chi connectivity index (χ1n) is 11.4. The summed E-state index contributed by atoms with van der Waals surface area (Å²) in [5.41, 5.74) is -0.00318. The molecular formula is C25H35FN4O4S. The van der Waals surface area contributed by atoms with Crippen LogP contribution >= 0.6 is 0 Å². The van der Waals surface area contributed by atoms with Crippen molar-refractivity contribution in [3.63, 3.8) is 0 Å². The summed E-state index contributed by atoms with van der Waals surface area (Å²) in [5, 5.41) is 2.90. The summed E-state index contributed by atoms with van der Waals surface area (Å²) in [6.07, 6.45) is 0.306. The monoisotopic (exact) mass is 506 g/mol. The number of anilines is 1. The Labute approximate surface area is 207 Å². The Morgan fingerprint density at radius 2 is 1.57 bits per heavy atom. The number of carbonyl (C=O) groups is 2. The van der Waals surface area contributed by atoms with Crippen molar-refractivity contribution in [1.82, 2.24) is 14.5 Å². The normalized spacial score (nSPS) is 12.8. The van der Waals surface area contributed by atoms with Crippen molar-refractivity contribution in [3.05, 3.63) is 66.0 Å². The molecule has 1 atom stereocenters. The van der Waals surface area contributed by atoms with Gasteiger partial charge in [-0.1, -0.05) is 49.4 Å². The minimum Gasteiger partial charge on any atom is -0.350 e. The molecule has 0 aromatic heterocycles. The van der Waals surface area contributed by atoms with Crippen LogP contribution in [0.2, 0.25) is 0 Å². The van der Waals surface area contributed by atoms with E-state index < -0.39 is 40.1 Å². The third-order valence-corrected chi connectivity index (χ3v) is 7.03. The van der Waals surface area contributed by atoms with Crippen molar-refractivity contribution in [2.24, 2.45) is 0 Å². The summed E-state index contributed by atoms with van der Waals surface area (Å²) in [4.78, 5) is 28.2. The number of benzene rings is 2. The van der Waals surface area contributed by atoms with Gasteiger partial charge in [0.2, 0.25) is 11.8 Å². The van der Waals surface area contributed by atoms with Crippen LogP contribution in [0.5, 0.6) is 0 Å². The van der Waals surface area contributed by atoms with Crippen LogP contribution in [0.1, 0.15) is 39.7 Å². The molecule has 0 saturated heterocycles. The van der Waals surface area contributed by atoms with Crippen molar-refractivity contribution in [2.75, 3.05) is 24.9 Å². The van der Waals surface area contributed by atoms with Crippen LogP contribution in [0.3, 0.4) is 0 Å². The predicted octanol–water partition coefficient (Wildman–Crippen LogP) is 3.16. The average molecular weight is 507 g/mol. The van der Waals surface area contributed by atoms with Gasteiger partial charge in [-0.3, -0.25) is 9.59 Å². The first-order chi connectivity index (χ1) is 16.3. The number of nitrogens with zero attached hydrogens (tertiary/aromatic N) is 3. The molecule has 0 saturated carbocycles.